The first-order valence-corrected chi connectivity index (χ1v) is 6.08. The van der Waals surface area contributed by atoms with Gasteiger partial charge in [0.25, 0.3) is 0 Å². The fraction of sp³-hybridized carbons (Fsp3) is 0.500. The Morgan fingerprint density at radius 2 is 1.78 bits per heavy atom. The maximum atomic E-state index is 12.0. The van der Waals surface area contributed by atoms with Crippen LogP contribution in [-0.4, -0.2) is 26.0 Å². The molecule has 1 aromatic carbocycles. The van der Waals surface area contributed by atoms with Crippen molar-refractivity contribution >= 4 is 5.78 Å². The molecule has 0 spiro atoms. The third-order valence-corrected chi connectivity index (χ3v) is 2.74. The predicted octanol–water partition coefficient (Wildman–Crippen LogP) is 2.40. The highest BCUT2D eigenvalue weighted by atomic mass is 16.5. The molecular weight excluding hydrogens is 230 g/mol. The molecule has 0 aliphatic heterocycles. The van der Waals surface area contributed by atoms with Gasteiger partial charge < -0.3 is 15.2 Å². The Morgan fingerprint density at radius 3 is 2.22 bits per heavy atom. The molecule has 1 aromatic rings. The lowest BCUT2D eigenvalue weighted by atomic mass is 10.0. The van der Waals surface area contributed by atoms with Crippen molar-refractivity contribution in [1.29, 1.82) is 0 Å². The molecule has 0 aliphatic rings. The van der Waals surface area contributed by atoms with Gasteiger partial charge in [-0.15, -0.1) is 0 Å². The highest BCUT2D eigenvalue weighted by Gasteiger charge is 2.10. The first-order valence-electron chi connectivity index (χ1n) is 6.08. The number of benzene rings is 1. The Kier molecular flexibility index (Phi) is 5.65. The zero-order valence-corrected chi connectivity index (χ0v) is 11.2. The van der Waals surface area contributed by atoms with E-state index in [4.69, 9.17) is 15.2 Å². The number of hydrogen-bond acceptors (Lipinski definition) is 4. The van der Waals surface area contributed by atoms with Gasteiger partial charge in [0.1, 0.15) is 11.5 Å². The van der Waals surface area contributed by atoms with Gasteiger partial charge in [-0.05, 0) is 31.9 Å². The number of carbonyl (C=O) groups is 1. The molecule has 0 fully saturated rings. The largest absolute Gasteiger partial charge is 0.497 e. The summed E-state index contributed by atoms with van der Waals surface area (Å²) < 4.78 is 10.3. The molecule has 0 aromatic heterocycles. The highest BCUT2D eigenvalue weighted by Crippen LogP contribution is 2.23. The van der Waals surface area contributed by atoms with Crippen LogP contribution in [-0.2, 0) is 0 Å². The van der Waals surface area contributed by atoms with Crippen molar-refractivity contribution in [3.8, 4) is 11.5 Å². The van der Waals surface area contributed by atoms with Gasteiger partial charge in [0, 0.05) is 24.1 Å². The first kappa shape index (κ1) is 14.5. The summed E-state index contributed by atoms with van der Waals surface area (Å²) in [5.41, 5.74) is 6.28. The molecule has 0 aliphatic carbocycles. The summed E-state index contributed by atoms with van der Waals surface area (Å²) in [6.07, 6.45) is 2.15. The number of carbonyl (C=O) groups excluding carboxylic acids is 1. The van der Waals surface area contributed by atoms with Crippen molar-refractivity contribution < 1.29 is 14.3 Å². The predicted molar refractivity (Wildman–Crippen MR) is 71.4 cm³/mol. The van der Waals surface area contributed by atoms with Crippen LogP contribution in [0.25, 0.3) is 0 Å². The van der Waals surface area contributed by atoms with Gasteiger partial charge in [-0.3, -0.25) is 4.79 Å². The van der Waals surface area contributed by atoms with Crippen LogP contribution in [0.4, 0.5) is 0 Å². The lowest BCUT2D eigenvalue weighted by Gasteiger charge is -2.08. The Labute approximate surface area is 108 Å². The van der Waals surface area contributed by atoms with E-state index in [1.165, 1.54) is 0 Å². The van der Waals surface area contributed by atoms with Gasteiger partial charge in [-0.1, -0.05) is 0 Å². The standard InChI is InChI=1S/C14H21NO3/c1-10(15)5-4-6-14(16)11-7-12(17-2)9-13(8-11)18-3/h7-10H,4-6,15H2,1-3H3. The van der Waals surface area contributed by atoms with Crippen LogP contribution in [0, 0.1) is 0 Å². The molecule has 0 heterocycles. The van der Waals surface area contributed by atoms with Crippen LogP contribution in [0.1, 0.15) is 36.5 Å². The molecule has 0 bridgehead atoms. The minimum atomic E-state index is 0.0906. The average Bonchev–Trinajstić information content (AvgIpc) is 2.37. The van der Waals surface area contributed by atoms with Crippen LogP contribution in [0.5, 0.6) is 11.5 Å². The second-order valence-electron chi connectivity index (χ2n) is 4.39. The van der Waals surface area contributed by atoms with E-state index in [0.29, 0.717) is 23.5 Å². The minimum Gasteiger partial charge on any atom is -0.497 e. The summed E-state index contributed by atoms with van der Waals surface area (Å²) in [5, 5.41) is 0. The molecule has 4 nitrogen and oxygen atoms in total. The second kappa shape index (κ2) is 7.01. The molecule has 0 saturated carbocycles. The van der Waals surface area contributed by atoms with E-state index in [1.807, 2.05) is 6.92 Å². The molecule has 2 N–H and O–H groups in total. The van der Waals surface area contributed by atoms with Crippen molar-refractivity contribution in [2.75, 3.05) is 14.2 Å². The average molecular weight is 251 g/mol. The molecule has 4 heteroatoms. The van der Waals surface area contributed by atoms with Crippen LogP contribution in [0.2, 0.25) is 0 Å². The van der Waals surface area contributed by atoms with Crippen molar-refractivity contribution in [1.82, 2.24) is 0 Å². The first-order chi connectivity index (χ1) is 8.56. The van der Waals surface area contributed by atoms with Crippen molar-refractivity contribution in [2.45, 2.75) is 32.2 Å². The van der Waals surface area contributed by atoms with Gasteiger partial charge in [-0.25, -0.2) is 0 Å². The fourth-order valence-corrected chi connectivity index (χ4v) is 1.70. The van der Waals surface area contributed by atoms with Gasteiger partial charge in [-0.2, -0.15) is 0 Å². The number of ether oxygens (including phenoxy) is 2. The molecule has 1 atom stereocenters. The summed E-state index contributed by atoms with van der Waals surface area (Å²) >= 11 is 0. The number of ketones is 1. The Morgan fingerprint density at radius 1 is 1.22 bits per heavy atom. The zero-order valence-electron chi connectivity index (χ0n) is 11.2. The third kappa shape index (κ3) is 4.37. The van der Waals surface area contributed by atoms with Gasteiger partial charge >= 0.3 is 0 Å². The number of rotatable bonds is 7. The molecule has 1 rings (SSSR count). The number of nitrogens with two attached hydrogens (primary N) is 1. The van der Waals surface area contributed by atoms with Crippen LogP contribution in [0.3, 0.4) is 0 Å². The van der Waals surface area contributed by atoms with E-state index in [1.54, 1.807) is 32.4 Å². The third-order valence-electron chi connectivity index (χ3n) is 2.74. The highest BCUT2D eigenvalue weighted by molar-refractivity contribution is 5.96. The summed E-state index contributed by atoms with van der Waals surface area (Å²) in [6, 6.07) is 5.35. The van der Waals surface area contributed by atoms with E-state index < -0.39 is 0 Å². The Hall–Kier alpha value is -1.55. The molecular formula is C14H21NO3. The molecule has 100 valence electrons. The summed E-state index contributed by atoms with van der Waals surface area (Å²) in [5.74, 6) is 1.35. The topological polar surface area (TPSA) is 61.5 Å². The second-order valence-corrected chi connectivity index (χ2v) is 4.39. The molecule has 18 heavy (non-hydrogen) atoms. The lowest BCUT2D eigenvalue weighted by Crippen LogP contribution is -2.14. The fourth-order valence-electron chi connectivity index (χ4n) is 1.70. The van der Waals surface area contributed by atoms with Crippen LogP contribution >= 0.6 is 0 Å². The minimum absolute atomic E-state index is 0.0906. The van der Waals surface area contributed by atoms with E-state index in [-0.39, 0.29) is 11.8 Å². The summed E-state index contributed by atoms with van der Waals surface area (Å²) in [7, 11) is 3.14. The molecule has 0 saturated heterocycles. The quantitative estimate of drug-likeness (QED) is 0.756. The molecule has 0 radical (unpaired) electrons. The maximum Gasteiger partial charge on any atom is 0.163 e. The zero-order chi connectivity index (χ0) is 13.5. The van der Waals surface area contributed by atoms with Crippen molar-refractivity contribution in [3.63, 3.8) is 0 Å². The Bertz CT molecular complexity index is 380. The van der Waals surface area contributed by atoms with Gasteiger partial charge in [0.2, 0.25) is 0 Å². The summed E-state index contributed by atoms with van der Waals surface area (Å²) in [6.45, 7) is 1.94. The van der Waals surface area contributed by atoms with E-state index in [0.717, 1.165) is 12.8 Å². The SMILES string of the molecule is COc1cc(OC)cc(C(=O)CCCC(C)N)c1. The lowest BCUT2D eigenvalue weighted by molar-refractivity contribution is 0.0978. The van der Waals surface area contributed by atoms with Crippen LogP contribution in [0.15, 0.2) is 18.2 Å². The molecule has 0 amide bonds. The van der Waals surface area contributed by atoms with Crippen molar-refractivity contribution in [2.24, 2.45) is 5.73 Å². The Balaban J connectivity index is 2.72. The smallest absolute Gasteiger partial charge is 0.163 e. The monoisotopic (exact) mass is 251 g/mol. The number of methoxy groups -OCH3 is 2. The van der Waals surface area contributed by atoms with Gasteiger partial charge in [0.15, 0.2) is 5.78 Å². The number of hydrogen-bond donors (Lipinski definition) is 1. The normalized spacial score (nSPS) is 12.0. The summed E-state index contributed by atoms with van der Waals surface area (Å²) in [4.78, 5) is 12.0. The van der Waals surface area contributed by atoms with E-state index in [2.05, 4.69) is 0 Å². The number of Topliss-reactive ketones (excluding diaryl/α,β-unsaturated/α-hetero) is 1. The maximum absolute atomic E-state index is 12.0. The molecule has 1 unspecified atom stereocenters. The van der Waals surface area contributed by atoms with Crippen molar-refractivity contribution in [3.05, 3.63) is 23.8 Å². The van der Waals surface area contributed by atoms with Gasteiger partial charge in [0.05, 0.1) is 14.2 Å². The van der Waals surface area contributed by atoms with E-state index >= 15 is 0 Å². The van der Waals surface area contributed by atoms with Crippen LogP contribution < -0.4 is 15.2 Å². The van der Waals surface area contributed by atoms with E-state index in [9.17, 15) is 4.79 Å².